The number of hydrogen-bond donors (Lipinski definition) is 3. The average Bonchev–Trinajstić information content (AvgIpc) is 2.85. The Bertz CT molecular complexity index is 1290. The smallest absolute Gasteiger partial charge is 0.355 e. The Labute approximate surface area is 215 Å². The van der Waals surface area contributed by atoms with Crippen LogP contribution in [0.25, 0.3) is 5.70 Å². The molecule has 0 fully saturated rings. The molecule has 0 bridgehead atoms. The SMILES string of the molecule is CCC(F)(F)c1ccc(CC(=O)Nc2ccc(N/C(=C\C(=N)C(F)(F)F)c3ccccc3Cl)cc2)cc1. The second-order valence-corrected chi connectivity index (χ2v) is 8.54. The largest absolute Gasteiger partial charge is 0.432 e. The quantitative estimate of drug-likeness (QED) is 0.192. The Morgan fingerprint density at radius 1 is 0.892 bits per heavy atom. The van der Waals surface area contributed by atoms with E-state index in [2.05, 4.69) is 10.6 Å². The number of rotatable bonds is 9. The van der Waals surface area contributed by atoms with Gasteiger partial charge in [-0.15, -0.1) is 0 Å². The van der Waals surface area contributed by atoms with Gasteiger partial charge in [0.15, 0.2) is 0 Å². The number of allylic oxidation sites excluding steroid dienone is 1. The lowest BCUT2D eigenvalue weighted by molar-refractivity contribution is -0.115. The number of benzene rings is 3. The maximum absolute atomic E-state index is 13.8. The van der Waals surface area contributed by atoms with E-state index in [1.54, 1.807) is 36.4 Å². The standard InChI is InChI=1S/C27H23ClF5N3O/c1-2-26(29,30)18-9-7-17(8-10-18)15-25(37)36-20-13-11-19(12-14-20)35-23(16-24(34)27(31,32)33)21-5-3-4-6-22(21)28/h3-14,16,34-35H,2,15H2,1H3,(H,36,37)/b23-16-,34-24?. The van der Waals surface area contributed by atoms with E-state index >= 15 is 0 Å². The molecule has 0 aliphatic carbocycles. The van der Waals surface area contributed by atoms with Crippen molar-refractivity contribution < 1.29 is 26.7 Å². The maximum atomic E-state index is 13.8. The van der Waals surface area contributed by atoms with Crippen LogP contribution < -0.4 is 10.6 Å². The van der Waals surface area contributed by atoms with Gasteiger partial charge in [0.05, 0.1) is 6.42 Å². The van der Waals surface area contributed by atoms with E-state index in [4.69, 9.17) is 17.0 Å². The van der Waals surface area contributed by atoms with Gasteiger partial charge in [0, 0.05) is 39.6 Å². The van der Waals surface area contributed by atoms with Crippen molar-refractivity contribution in [3.05, 3.63) is 101 Å². The molecule has 0 aliphatic heterocycles. The molecule has 0 aromatic heterocycles. The molecule has 194 valence electrons. The van der Waals surface area contributed by atoms with Crippen LogP contribution in [0.1, 0.15) is 30.0 Å². The van der Waals surface area contributed by atoms with E-state index in [0.29, 0.717) is 23.0 Å². The highest BCUT2D eigenvalue weighted by Crippen LogP contribution is 2.31. The lowest BCUT2D eigenvalue weighted by Gasteiger charge is -2.15. The lowest BCUT2D eigenvalue weighted by Crippen LogP contribution is -2.20. The minimum atomic E-state index is -4.83. The van der Waals surface area contributed by atoms with Crippen LogP contribution in [0.5, 0.6) is 0 Å². The Morgan fingerprint density at radius 2 is 1.46 bits per heavy atom. The molecule has 3 N–H and O–H groups in total. The predicted octanol–water partition coefficient (Wildman–Crippen LogP) is 8.06. The molecular weight excluding hydrogens is 513 g/mol. The van der Waals surface area contributed by atoms with Crippen LogP contribution >= 0.6 is 11.6 Å². The van der Waals surface area contributed by atoms with Crippen molar-refractivity contribution >= 4 is 40.3 Å². The van der Waals surface area contributed by atoms with Crippen molar-refractivity contribution in [3.8, 4) is 0 Å². The molecule has 0 atom stereocenters. The van der Waals surface area contributed by atoms with Crippen molar-refractivity contribution in [3.63, 3.8) is 0 Å². The maximum Gasteiger partial charge on any atom is 0.432 e. The first-order chi connectivity index (χ1) is 17.4. The van der Waals surface area contributed by atoms with Gasteiger partial charge in [0.1, 0.15) is 5.71 Å². The monoisotopic (exact) mass is 535 g/mol. The summed E-state index contributed by atoms with van der Waals surface area (Å²) in [4.78, 5) is 12.4. The van der Waals surface area contributed by atoms with E-state index in [1.165, 1.54) is 43.3 Å². The number of anilines is 2. The van der Waals surface area contributed by atoms with E-state index in [-0.39, 0.29) is 40.6 Å². The summed E-state index contributed by atoms with van der Waals surface area (Å²) in [5.41, 5.74) is -0.0289. The average molecular weight is 536 g/mol. The summed E-state index contributed by atoms with van der Waals surface area (Å²) >= 11 is 6.15. The van der Waals surface area contributed by atoms with Gasteiger partial charge >= 0.3 is 6.18 Å². The Balaban J connectivity index is 1.70. The van der Waals surface area contributed by atoms with Gasteiger partial charge in [-0.05, 0) is 42.0 Å². The first kappa shape index (κ1) is 27.9. The van der Waals surface area contributed by atoms with Crippen LogP contribution in [-0.4, -0.2) is 17.8 Å². The molecule has 0 aliphatic rings. The Morgan fingerprint density at radius 3 is 2.00 bits per heavy atom. The molecular formula is C27H23ClF5N3O. The molecule has 3 aromatic rings. The molecule has 0 radical (unpaired) electrons. The van der Waals surface area contributed by atoms with Crippen molar-refractivity contribution in [1.29, 1.82) is 5.41 Å². The Kier molecular flexibility index (Phi) is 8.70. The van der Waals surface area contributed by atoms with Crippen molar-refractivity contribution in [2.24, 2.45) is 0 Å². The summed E-state index contributed by atoms with van der Waals surface area (Å²) in [6.07, 6.45) is -4.53. The van der Waals surface area contributed by atoms with Crippen LogP contribution in [0.4, 0.5) is 33.3 Å². The summed E-state index contributed by atoms with van der Waals surface area (Å²) in [5, 5.41) is 13.1. The van der Waals surface area contributed by atoms with Crippen LogP contribution in [-0.2, 0) is 17.1 Å². The van der Waals surface area contributed by atoms with E-state index in [9.17, 15) is 26.7 Å². The number of carbonyl (C=O) groups is 1. The minimum Gasteiger partial charge on any atom is -0.355 e. The fourth-order valence-corrected chi connectivity index (χ4v) is 3.58. The highest BCUT2D eigenvalue weighted by Gasteiger charge is 2.33. The molecule has 10 heteroatoms. The van der Waals surface area contributed by atoms with E-state index in [0.717, 1.165) is 0 Å². The third-order valence-corrected chi connectivity index (χ3v) is 5.72. The van der Waals surface area contributed by atoms with Gasteiger partial charge in [-0.2, -0.15) is 13.2 Å². The Hall–Kier alpha value is -3.72. The number of carbonyl (C=O) groups excluding carboxylic acids is 1. The number of halogens is 6. The zero-order valence-corrected chi connectivity index (χ0v) is 20.4. The zero-order valence-electron chi connectivity index (χ0n) is 19.6. The lowest BCUT2D eigenvalue weighted by atomic mass is 10.0. The second-order valence-electron chi connectivity index (χ2n) is 8.13. The summed E-state index contributed by atoms with van der Waals surface area (Å²) in [6, 6.07) is 18.0. The van der Waals surface area contributed by atoms with Crippen LogP contribution in [0.3, 0.4) is 0 Å². The van der Waals surface area contributed by atoms with Crippen LogP contribution in [0, 0.1) is 5.41 Å². The van der Waals surface area contributed by atoms with Crippen molar-refractivity contribution in [2.45, 2.75) is 31.9 Å². The van der Waals surface area contributed by atoms with Crippen molar-refractivity contribution in [2.75, 3.05) is 10.6 Å². The first-order valence-corrected chi connectivity index (χ1v) is 11.5. The molecule has 37 heavy (non-hydrogen) atoms. The first-order valence-electron chi connectivity index (χ1n) is 11.2. The molecule has 0 saturated carbocycles. The van der Waals surface area contributed by atoms with E-state index < -0.39 is 17.8 Å². The molecule has 3 rings (SSSR count). The molecule has 0 saturated heterocycles. The highest BCUT2D eigenvalue weighted by molar-refractivity contribution is 6.32. The van der Waals surface area contributed by atoms with Gasteiger partial charge in [0.25, 0.3) is 5.92 Å². The zero-order chi connectivity index (χ0) is 27.2. The van der Waals surface area contributed by atoms with Crippen LogP contribution in [0.15, 0.2) is 78.9 Å². The fourth-order valence-electron chi connectivity index (χ4n) is 3.34. The molecule has 1 amide bonds. The van der Waals surface area contributed by atoms with Crippen LogP contribution in [0.2, 0.25) is 5.02 Å². The number of nitrogens with one attached hydrogen (secondary N) is 3. The molecule has 3 aromatic carbocycles. The summed E-state index contributed by atoms with van der Waals surface area (Å²) in [7, 11) is 0. The van der Waals surface area contributed by atoms with Gasteiger partial charge in [-0.1, -0.05) is 61.0 Å². The summed E-state index contributed by atoms with van der Waals surface area (Å²) in [6.45, 7) is 1.39. The summed E-state index contributed by atoms with van der Waals surface area (Å²) in [5.74, 6) is -3.30. The van der Waals surface area contributed by atoms with E-state index in [1.807, 2.05) is 0 Å². The number of amides is 1. The van der Waals surface area contributed by atoms with Gasteiger partial charge in [-0.3, -0.25) is 10.2 Å². The normalized spacial score (nSPS) is 12.2. The minimum absolute atomic E-state index is 0.0261. The second kappa shape index (κ2) is 11.6. The fraction of sp³-hybridized carbons (Fsp3) is 0.185. The van der Waals surface area contributed by atoms with Gasteiger partial charge in [0.2, 0.25) is 5.91 Å². The summed E-state index contributed by atoms with van der Waals surface area (Å²) < 4.78 is 66.4. The topological polar surface area (TPSA) is 65.0 Å². The third-order valence-electron chi connectivity index (χ3n) is 5.39. The molecule has 0 unspecified atom stereocenters. The molecule has 4 nitrogen and oxygen atoms in total. The van der Waals surface area contributed by atoms with Gasteiger partial charge in [-0.25, -0.2) is 8.78 Å². The van der Waals surface area contributed by atoms with Crippen molar-refractivity contribution in [1.82, 2.24) is 0 Å². The molecule has 0 spiro atoms. The highest BCUT2D eigenvalue weighted by atomic mass is 35.5. The van der Waals surface area contributed by atoms with Gasteiger partial charge < -0.3 is 10.6 Å². The predicted molar refractivity (Wildman–Crippen MR) is 136 cm³/mol. The third kappa shape index (κ3) is 7.63. The molecule has 0 heterocycles. The number of hydrogen-bond acceptors (Lipinski definition) is 3. The number of alkyl halides is 5.